The van der Waals surface area contributed by atoms with Gasteiger partial charge in [0.05, 0.1) is 23.4 Å². The number of hydrogen-bond donors (Lipinski definition) is 1. The molecule has 0 saturated carbocycles. The van der Waals surface area contributed by atoms with E-state index in [-0.39, 0.29) is 4.90 Å². The number of sulfonamides is 2. The molecule has 2 aromatic rings. The molecule has 7 nitrogen and oxygen atoms in total. The third-order valence-electron chi connectivity index (χ3n) is 3.33. The molecular weight excluding hydrogens is 364 g/mol. The molecule has 0 amide bonds. The Hall–Kier alpha value is -2.26. The Morgan fingerprint density at radius 1 is 0.960 bits per heavy atom. The van der Waals surface area contributed by atoms with Crippen LogP contribution >= 0.6 is 0 Å². The molecule has 0 saturated heterocycles. The van der Waals surface area contributed by atoms with Gasteiger partial charge in [0.15, 0.2) is 0 Å². The lowest BCUT2D eigenvalue weighted by Crippen LogP contribution is -2.26. The fourth-order valence-corrected chi connectivity index (χ4v) is 3.88. The summed E-state index contributed by atoms with van der Waals surface area (Å²) in [5, 5.41) is 0. The van der Waals surface area contributed by atoms with Crippen LogP contribution < -0.4 is 13.8 Å². The minimum atomic E-state index is -3.73. The van der Waals surface area contributed by atoms with Crippen molar-refractivity contribution in [3.63, 3.8) is 0 Å². The summed E-state index contributed by atoms with van der Waals surface area (Å²) in [5.74, 6) is 0.598. The minimum Gasteiger partial charge on any atom is -0.494 e. The SMILES string of the molecule is CCOc1ccc(S(=O)(=O)N(C)c2ccc(NS(C)(=O)=O)cc2)cc1. The predicted octanol–water partition coefficient (Wildman–Crippen LogP) is 2.28. The highest BCUT2D eigenvalue weighted by Gasteiger charge is 2.21. The van der Waals surface area contributed by atoms with Gasteiger partial charge >= 0.3 is 0 Å². The molecular formula is C16H20N2O5S2. The molecule has 1 N–H and O–H groups in total. The lowest BCUT2D eigenvalue weighted by Gasteiger charge is -2.20. The normalized spacial score (nSPS) is 11.8. The van der Waals surface area contributed by atoms with E-state index in [4.69, 9.17) is 4.74 Å². The average molecular weight is 384 g/mol. The number of rotatable bonds is 7. The van der Waals surface area contributed by atoms with Crippen LogP contribution in [0.15, 0.2) is 53.4 Å². The summed E-state index contributed by atoms with van der Waals surface area (Å²) in [7, 11) is -5.68. The van der Waals surface area contributed by atoms with Gasteiger partial charge < -0.3 is 4.74 Å². The van der Waals surface area contributed by atoms with E-state index >= 15 is 0 Å². The van der Waals surface area contributed by atoms with Crippen molar-refractivity contribution in [3.8, 4) is 5.75 Å². The van der Waals surface area contributed by atoms with E-state index in [1.54, 1.807) is 12.1 Å². The number of nitrogens with one attached hydrogen (secondary N) is 1. The van der Waals surface area contributed by atoms with E-state index in [1.165, 1.54) is 43.4 Å². The maximum atomic E-state index is 12.7. The van der Waals surface area contributed by atoms with Crippen LogP contribution in [0, 0.1) is 0 Å². The first-order chi connectivity index (χ1) is 11.6. The van der Waals surface area contributed by atoms with Gasteiger partial charge in [0.1, 0.15) is 5.75 Å². The van der Waals surface area contributed by atoms with E-state index in [9.17, 15) is 16.8 Å². The van der Waals surface area contributed by atoms with Crippen molar-refractivity contribution in [2.75, 3.05) is 28.9 Å². The van der Waals surface area contributed by atoms with Crippen molar-refractivity contribution >= 4 is 31.4 Å². The fourth-order valence-electron chi connectivity index (χ4n) is 2.12. The van der Waals surface area contributed by atoms with E-state index in [0.29, 0.717) is 23.7 Å². The van der Waals surface area contributed by atoms with E-state index in [2.05, 4.69) is 4.72 Å². The third-order valence-corrected chi connectivity index (χ3v) is 5.73. The molecule has 0 aliphatic heterocycles. The molecule has 0 aliphatic carbocycles. The molecule has 0 bridgehead atoms. The summed E-state index contributed by atoms with van der Waals surface area (Å²) in [6.07, 6.45) is 1.05. The van der Waals surface area contributed by atoms with E-state index in [1.807, 2.05) is 6.92 Å². The molecule has 0 fully saturated rings. The molecule has 9 heteroatoms. The summed E-state index contributed by atoms with van der Waals surface area (Å²) >= 11 is 0. The molecule has 136 valence electrons. The van der Waals surface area contributed by atoms with Crippen LogP contribution in [0.25, 0.3) is 0 Å². The second kappa shape index (κ2) is 7.32. The van der Waals surface area contributed by atoms with Crippen LogP contribution in [0.4, 0.5) is 11.4 Å². The Morgan fingerprint density at radius 3 is 2.00 bits per heavy atom. The Bertz CT molecular complexity index is 921. The van der Waals surface area contributed by atoms with Gasteiger partial charge in [0.2, 0.25) is 10.0 Å². The highest BCUT2D eigenvalue weighted by atomic mass is 32.2. The van der Waals surface area contributed by atoms with Crippen LogP contribution in [-0.4, -0.2) is 36.7 Å². The van der Waals surface area contributed by atoms with Gasteiger partial charge in [-0.2, -0.15) is 0 Å². The van der Waals surface area contributed by atoms with E-state index < -0.39 is 20.0 Å². The summed E-state index contributed by atoms with van der Waals surface area (Å²) in [6.45, 7) is 2.35. The smallest absolute Gasteiger partial charge is 0.264 e. The van der Waals surface area contributed by atoms with Gasteiger partial charge in [-0.15, -0.1) is 0 Å². The molecule has 0 aromatic heterocycles. The summed E-state index contributed by atoms with van der Waals surface area (Å²) in [6, 6.07) is 12.2. The first kappa shape index (κ1) is 19.1. The van der Waals surface area contributed by atoms with Gasteiger partial charge in [-0.05, 0) is 55.5 Å². The van der Waals surface area contributed by atoms with Crippen molar-refractivity contribution < 1.29 is 21.6 Å². The number of benzene rings is 2. The molecule has 0 heterocycles. The summed E-state index contributed by atoms with van der Waals surface area (Å²) in [5.41, 5.74) is 0.769. The van der Waals surface area contributed by atoms with Gasteiger partial charge in [0.25, 0.3) is 10.0 Å². The standard InChI is InChI=1S/C16H20N2O5S2/c1-4-23-15-9-11-16(12-10-15)25(21,22)18(2)14-7-5-13(6-8-14)17-24(3,19)20/h5-12,17H,4H2,1-3H3. The second-order valence-electron chi connectivity index (χ2n) is 5.30. The third kappa shape index (κ3) is 4.86. The van der Waals surface area contributed by atoms with E-state index in [0.717, 1.165) is 10.6 Å². The Kier molecular flexibility index (Phi) is 5.58. The number of anilines is 2. The zero-order chi connectivity index (χ0) is 18.7. The van der Waals surface area contributed by atoms with Crippen LogP contribution in [0.5, 0.6) is 5.75 Å². The molecule has 2 aromatic carbocycles. The topological polar surface area (TPSA) is 92.8 Å². The fraction of sp³-hybridized carbons (Fsp3) is 0.250. The van der Waals surface area contributed by atoms with Gasteiger partial charge in [-0.25, -0.2) is 16.8 Å². The van der Waals surface area contributed by atoms with Gasteiger partial charge in [-0.3, -0.25) is 9.03 Å². The lowest BCUT2D eigenvalue weighted by molar-refractivity contribution is 0.340. The average Bonchev–Trinajstić information content (AvgIpc) is 2.54. The molecule has 0 spiro atoms. The largest absolute Gasteiger partial charge is 0.494 e. The van der Waals surface area contributed by atoms with Crippen LogP contribution in [0.3, 0.4) is 0 Å². The minimum absolute atomic E-state index is 0.136. The monoisotopic (exact) mass is 384 g/mol. The van der Waals surface area contributed by atoms with Crippen molar-refractivity contribution in [2.24, 2.45) is 0 Å². The zero-order valence-electron chi connectivity index (χ0n) is 14.1. The Morgan fingerprint density at radius 2 is 1.52 bits per heavy atom. The van der Waals surface area contributed by atoms with Crippen LogP contribution in [-0.2, 0) is 20.0 Å². The number of ether oxygens (including phenoxy) is 1. The first-order valence-corrected chi connectivity index (χ1v) is 10.8. The molecule has 0 aliphatic rings. The van der Waals surface area contributed by atoms with Crippen LogP contribution in [0.1, 0.15) is 6.92 Å². The molecule has 2 rings (SSSR count). The van der Waals surface area contributed by atoms with Crippen molar-refractivity contribution in [3.05, 3.63) is 48.5 Å². The quantitative estimate of drug-likeness (QED) is 0.791. The highest BCUT2D eigenvalue weighted by Crippen LogP contribution is 2.25. The maximum Gasteiger partial charge on any atom is 0.264 e. The molecule has 0 unspecified atom stereocenters. The molecule has 25 heavy (non-hydrogen) atoms. The molecule has 0 atom stereocenters. The molecule has 0 radical (unpaired) electrons. The highest BCUT2D eigenvalue weighted by molar-refractivity contribution is 7.92. The van der Waals surface area contributed by atoms with Gasteiger partial charge in [-0.1, -0.05) is 0 Å². The Labute approximate surface area is 148 Å². The number of hydrogen-bond acceptors (Lipinski definition) is 5. The summed E-state index contributed by atoms with van der Waals surface area (Å²) < 4.78 is 56.6. The zero-order valence-corrected chi connectivity index (χ0v) is 15.8. The Balaban J connectivity index is 2.24. The summed E-state index contributed by atoms with van der Waals surface area (Å²) in [4.78, 5) is 0.136. The van der Waals surface area contributed by atoms with Crippen molar-refractivity contribution in [2.45, 2.75) is 11.8 Å². The van der Waals surface area contributed by atoms with Gasteiger partial charge in [0, 0.05) is 12.7 Å². The number of nitrogens with zero attached hydrogens (tertiary/aromatic N) is 1. The van der Waals surface area contributed by atoms with Crippen LogP contribution in [0.2, 0.25) is 0 Å². The predicted molar refractivity (Wildman–Crippen MR) is 98.1 cm³/mol. The second-order valence-corrected chi connectivity index (χ2v) is 9.02. The van der Waals surface area contributed by atoms with Crippen molar-refractivity contribution in [1.29, 1.82) is 0 Å². The first-order valence-electron chi connectivity index (χ1n) is 7.43. The maximum absolute atomic E-state index is 12.7. The lowest BCUT2D eigenvalue weighted by atomic mass is 10.3. The van der Waals surface area contributed by atoms with Crippen molar-refractivity contribution in [1.82, 2.24) is 0 Å².